The van der Waals surface area contributed by atoms with E-state index in [9.17, 15) is 9.59 Å². The summed E-state index contributed by atoms with van der Waals surface area (Å²) in [6, 6.07) is 3.17. The molecule has 1 atom stereocenters. The van der Waals surface area contributed by atoms with Crippen LogP contribution in [0.4, 0.5) is 5.69 Å². The Morgan fingerprint density at radius 2 is 2.22 bits per heavy atom. The molecule has 7 nitrogen and oxygen atoms in total. The number of aromatic nitrogens is 3. The summed E-state index contributed by atoms with van der Waals surface area (Å²) in [5.74, 6) is -0.239. The van der Waals surface area contributed by atoms with Gasteiger partial charge in [0.05, 0.1) is 17.6 Å². The van der Waals surface area contributed by atoms with Crippen molar-refractivity contribution in [2.75, 3.05) is 11.9 Å². The Bertz CT molecular complexity index is 740. The standard InChI is InChI=1S/C16H19N5O2/c1-11(22)21-8-4-6-14(21)16(23)19-13-5-3-7-17-15(13)12-9-18-20(2)10-12/h3,5,7,9-10,14H,4,6,8H2,1-2H3,(H,19,23)/t14-/m0/s1. The van der Waals surface area contributed by atoms with Crippen LogP contribution in [0.3, 0.4) is 0 Å². The minimum atomic E-state index is -0.408. The lowest BCUT2D eigenvalue weighted by atomic mass is 10.1. The number of likely N-dealkylation sites (tertiary alicyclic amines) is 1. The van der Waals surface area contributed by atoms with E-state index in [0.29, 0.717) is 24.3 Å². The van der Waals surface area contributed by atoms with Crippen LogP contribution in [0.2, 0.25) is 0 Å². The first kappa shape index (κ1) is 15.2. The fourth-order valence-corrected chi connectivity index (χ4v) is 2.91. The molecule has 2 aromatic rings. The van der Waals surface area contributed by atoms with Crippen molar-refractivity contribution >= 4 is 17.5 Å². The second kappa shape index (κ2) is 6.20. The van der Waals surface area contributed by atoms with Gasteiger partial charge in [-0.1, -0.05) is 0 Å². The first-order valence-electron chi connectivity index (χ1n) is 7.58. The fraction of sp³-hybridized carbons (Fsp3) is 0.375. The quantitative estimate of drug-likeness (QED) is 0.929. The number of nitrogens with one attached hydrogen (secondary N) is 1. The zero-order chi connectivity index (χ0) is 16.4. The van der Waals surface area contributed by atoms with Crippen molar-refractivity contribution in [3.8, 4) is 11.3 Å². The van der Waals surface area contributed by atoms with Crippen molar-refractivity contribution < 1.29 is 9.59 Å². The van der Waals surface area contributed by atoms with Crippen molar-refractivity contribution in [3.05, 3.63) is 30.7 Å². The van der Waals surface area contributed by atoms with E-state index in [1.807, 2.05) is 13.2 Å². The van der Waals surface area contributed by atoms with Crippen LogP contribution in [0.1, 0.15) is 19.8 Å². The largest absolute Gasteiger partial charge is 0.331 e. The summed E-state index contributed by atoms with van der Waals surface area (Å²) in [5, 5.41) is 7.05. The number of anilines is 1. The van der Waals surface area contributed by atoms with Gasteiger partial charge in [-0.2, -0.15) is 5.10 Å². The highest BCUT2D eigenvalue weighted by Crippen LogP contribution is 2.26. The summed E-state index contributed by atoms with van der Waals surface area (Å²) in [6.07, 6.45) is 6.76. The maximum absolute atomic E-state index is 12.6. The minimum absolute atomic E-state index is 0.0682. The molecule has 1 saturated heterocycles. The zero-order valence-electron chi connectivity index (χ0n) is 13.2. The van der Waals surface area contributed by atoms with E-state index in [1.165, 1.54) is 6.92 Å². The van der Waals surface area contributed by atoms with E-state index in [4.69, 9.17) is 0 Å². The first-order chi connectivity index (χ1) is 11.1. The van der Waals surface area contributed by atoms with Crippen LogP contribution in [-0.2, 0) is 16.6 Å². The lowest BCUT2D eigenvalue weighted by Crippen LogP contribution is -2.42. The number of carbonyl (C=O) groups is 2. The van der Waals surface area contributed by atoms with Crippen LogP contribution in [0.15, 0.2) is 30.7 Å². The molecule has 1 N–H and O–H groups in total. The topological polar surface area (TPSA) is 80.1 Å². The van der Waals surface area contributed by atoms with Crippen molar-refractivity contribution in [2.45, 2.75) is 25.8 Å². The third kappa shape index (κ3) is 3.08. The summed E-state index contributed by atoms with van der Waals surface area (Å²) in [5.41, 5.74) is 2.13. The van der Waals surface area contributed by atoms with E-state index in [-0.39, 0.29) is 11.8 Å². The van der Waals surface area contributed by atoms with E-state index in [1.54, 1.807) is 34.1 Å². The Balaban J connectivity index is 1.83. The number of aryl methyl sites for hydroxylation is 1. The molecule has 0 spiro atoms. The smallest absolute Gasteiger partial charge is 0.247 e. The Kier molecular flexibility index (Phi) is 4.10. The Morgan fingerprint density at radius 3 is 2.91 bits per heavy atom. The number of rotatable bonds is 3. The summed E-state index contributed by atoms with van der Waals surface area (Å²) in [7, 11) is 1.83. The third-order valence-corrected chi connectivity index (χ3v) is 4.00. The third-order valence-electron chi connectivity index (χ3n) is 4.00. The number of hydrogen-bond donors (Lipinski definition) is 1. The molecule has 2 amide bonds. The van der Waals surface area contributed by atoms with Gasteiger partial charge in [-0.25, -0.2) is 0 Å². The molecule has 2 aromatic heterocycles. The predicted octanol–water partition coefficient (Wildman–Crippen LogP) is 1.43. The zero-order valence-corrected chi connectivity index (χ0v) is 13.2. The van der Waals surface area contributed by atoms with E-state index < -0.39 is 6.04 Å². The normalized spacial score (nSPS) is 17.3. The highest BCUT2D eigenvalue weighted by Gasteiger charge is 2.32. The van der Waals surface area contributed by atoms with Crippen molar-refractivity contribution in [1.82, 2.24) is 19.7 Å². The van der Waals surface area contributed by atoms with Crippen LogP contribution < -0.4 is 5.32 Å². The molecule has 3 rings (SSSR count). The molecule has 1 fully saturated rings. The summed E-state index contributed by atoms with van der Waals surface area (Å²) < 4.78 is 1.68. The highest BCUT2D eigenvalue weighted by atomic mass is 16.2. The summed E-state index contributed by atoms with van der Waals surface area (Å²) in [6.45, 7) is 2.13. The van der Waals surface area contributed by atoms with Gasteiger partial charge in [0.15, 0.2) is 0 Å². The average molecular weight is 313 g/mol. The SMILES string of the molecule is CC(=O)N1CCC[C@H]1C(=O)Nc1cccnc1-c1cnn(C)c1. The first-order valence-corrected chi connectivity index (χ1v) is 7.58. The molecule has 23 heavy (non-hydrogen) atoms. The molecule has 0 aromatic carbocycles. The molecule has 0 aliphatic carbocycles. The van der Waals surface area contributed by atoms with E-state index in [2.05, 4.69) is 15.4 Å². The monoisotopic (exact) mass is 313 g/mol. The number of amides is 2. The molecule has 1 aliphatic heterocycles. The van der Waals surface area contributed by atoms with Crippen LogP contribution in [0.25, 0.3) is 11.3 Å². The van der Waals surface area contributed by atoms with Gasteiger partial charge in [0.1, 0.15) is 6.04 Å². The number of nitrogens with zero attached hydrogens (tertiary/aromatic N) is 4. The Morgan fingerprint density at radius 1 is 1.39 bits per heavy atom. The number of hydrogen-bond acceptors (Lipinski definition) is 4. The van der Waals surface area contributed by atoms with Gasteiger partial charge in [-0.15, -0.1) is 0 Å². The maximum Gasteiger partial charge on any atom is 0.247 e. The molecular formula is C16H19N5O2. The summed E-state index contributed by atoms with van der Waals surface area (Å²) in [4.78, 5) is 30.2. The van der Waals surface area contributed by atoms with Crippen LogP contribution >= 0.6 is 0 Å². The highest BCUT2D eigenvalue weighted by molar-refractivity contribution is 5.99. The molecule has 0 saturated carbocycles. The lowest BCUT2D eigenvalue weighted by molar-refractivity contribution is -0.134. The van der Waals surface area contributed by atoms with Gasteiger partial charge in [-0.05, 0) is 25.0 Å². The minimum Gasteiger partial charge on any atom is -0.331 e. The van der Waals surface area contributed by atoms with Crippen molar-refractivity contribution in [1.29, 1.82) is 0 Å². The van der Waals surface area contributed by atoms with Gasteiger partial charge < -0.3 is 10.2 Å². The predicted molar refractivity (Wildman–Crippen MR) is 85.5 cm³/mol. The molecule has 0 unspecified atom stereocenters. The molecule has 7 heteroatoms. The van der Waals surface area contributed by atoms with Gasteiger partial charge >= 0.3 is 0 Å². The van der Waals surface area contributed by atoms with Gasteiger partial charge in [0.25, 0.3) is 0 Å². The molecule has 120 valence electrons. The Hall–Kier alpha value is -2.70. The van der Waals surface area contributed by atoms with Gasteiger partial charge in [-0.3, -0.25) is 19.3 Å². The van der Waals surface area contributed by atoms with Crippen LogP contribution in [0.5, 0.6) is 0 Å². The average Bonchev–Trinajstić information content (AvgIpc) is 3.16. The number of carbonyl (C=O) groups excluding carboxylic acids is 2. The second-order valence-corrected chi connectivity index (χ2v) is 5.66. The molecular weight excluding hydrogens is 294 g/mol. The van der Waals surface area contributed by atoms with Crippen molar-refractivity contribution in [2.24, 2.45) is 7.05 Å². The summed E-state index contributed by atoms with van der Waals surface area (Å²) >= 11 is 0. The fourth-order valence-electron chi connectivity index (χ4n) is 2.91. The maximum atomic E-state index is 12.6. The molecule has 0 radical (unpaired) electrons. The van der Waals surface area contributed by atoms with E-state index in [0.717, 1.165) is 12.0 Å². The van der Waals surface area contributed by atoms with Gasteiger partial charge in [0.2, 0.25) is 11.8 Å². The second-order valence-electron chi connectivity index (χ2n) is 5.66. The Labute approximate surface area is 134 Å². The van der Waals surface area contributed by atoms with Crippen LogP contribution in [-0.4, -0.2) is 44.1 Å². The van der Waals surface area contributed by atoms with E-state index >= 15 is 0 Å². The van der Waals surface area contributed by atoms with Crippen LogP contribution in [0, 0.1) is 0 Å². The van der Waals surface area contributed by atoms with Crippen molar-refractivity contribution in [3.63, 3.8) is 0 Å². The van der Waals surface area contributed by atoms with Gasteiger partial charge in [0, 0.05) is 38.5 Å². The number of pyridine rings is 1. The molecule has 3 heterocycles. The lowest BCUT2D eigenvalue weighted by Gasteiger charge is -2.22. The molecule has 1 aliphatic rings. The molecule has 0 bridgehead atoms.